The first-order chi connectivity index (χ1) is 10.9. The number of rotatable bonds is 6. The number of furan rings is 1. The Balaban J connectivity index is 2.05. The molecule has 2 N–H and O–H groups in total. The zero-order valence-electron chi connectivity index (χ0n) is 13.9. The molecule has 1 fully saturated rings. The van der Waals surface area contributed by atoms with E-state index in [1.54, 1.807) is 11.8 Å². The number of hydrogen-bond donors (Lipinski definition) is 2. The van der Waals surface area contributed by atoms with Crippen molar-refractivity contribution in [2.24, 2.45) is 5.92 Å². The molecule has 1 amide bonds. The van der Waals surface area contributed by atoms with Crippen LogP contribution in [0.15, 0.2) is 15.6 Å². The van der Waals surface area contributed by atoms with Gasteiger partial charge in [0.1, 0.15) is 5.76 Å². The Hall–Kier alpha value is -1.38. The second-order valence-electron chi connectivity index (χ2n) is 5.79. The van der Waals surface area contributed by atoms with Crippen LogP contribution in [0.25, 0.3) is 0 Å². The summed E-state index contributed by atoms with van der Waals surface area (Å²) in [5.41, 5.74) is 0.323. The summed E-state index contributed by atoms with van der Waals surface area (Å²) >= 11 is 0. The first kappa shape index (κ1) is 18.0. The zero-order valence-corrected chi connectivity index (χ0v) is 14.7. The number of carbonyl (C=O) groups excluding carboxylic acids is 1. The maximum absolute atomic E-state index is 12.6. The number of piperidine rings is 1. The van der Waals surface area contributed by atoms with Crippen LogP contribution in [-0.2, 0) is 10.0 Å². The van der Waals surface area contributed by atoms with Crippen molar-refractivity contribution in [3.8, 4) is 0 Å². The molecule has 0 saturated carbocycles. The van der Waals surface area contributed by atoms with Crippen molar-refractivity contribution in [3.05, 3.63) is 17.4 Å². The van der Waals surface area contributed by atoms with Crippen molar-refractivity contribution in [2.45, 2.75) is 31.8 Å². The number of nitrogens with one attached hydrogen (secondary N) is 2. The highest BCUT2D eigenvalue weighted by Crippen LogP contribution is 2.23. The van der Waals surface area contributed by atoms with E-state index in [1.807, 2.05) is 0 Å². The monoisotopic (exact) mass is 343 g/mol. The van der Waals surface area contributed by atoms with Crippen molar-refractivity contribution in [3.63, 3.8) is 0 Å². The van der Waals surface area contributed by atoms with Gasteiger partial charge >= 0.3 is 0 Å². The standard InChI is InChI=1S/C15H25N3O4S/c1-4-17-10-12-5-7-18(8-6-12)15(19)13-9-14(22-11(13)2)23(20,21)16-3/h9,12,16-17H,4-8,10H2,1-3H3. The molecule has 0 spiro atoms. The van der Waals surface area contributed by atoms with Crippen LogP contribution in [-0.4, -0.2) is 52.5 Å². The van der Waals surface area contributed by atoms with Gasteiger partial charge in [0.2, 0.25) is 5.09 Å². The summed E-state index contributed by atoms with van der Waals surface area (Å²) in [5.74, 6) is 0.758. The molecule has 0 aromatic carbocycles. The van der Waals surface area contributed by atoms with Gasteiger partial charge < -0.3 is 14.6 Å². The highest BCUT2D eigenvalue weighted by atomic mass is 32.2. The smallest absolute Gasteiger partial charge is 0.273 e. The number of hydrogen-bond acceptors (Lipinski definition) is 5. The van der Waals surface area contributed by atoms with E-state index < -0.39 is 10.0 Å². The molecule has 0 aliphatic carbocycles. The van der Waals surface area contributed by atoms with Gasteiger partial charge in [0, 0.05) is 19.2 Å². The molecule has 1 saturated heterocycles. The van der Waals surface area contributed by atoms with E-state index >= 15 is 0 Å². The summed E-state index contributed by atoms with van der Waals surface area (Å²) in [6.45, 7) is 7.00. The molecule has 1 aromatic heterocycles. The minimum Gasteiger partial charge on any atom is -0.448 e. The van der Waals surface area contributed by atoms with E-state index in [-0.39, 0.29) is 11.0 Å². The van der Waals surface area contributed by atoms with Crippen LogP contribution in [0.4, 0.5) is 0 Å². The van der Waals surface area contributed by atoms with Crippen LogP contribution >= 0.6 is 0 Å². The first-order valence-corrected chi connectivity index (χ1v) is 9.41. The fraction of sp³-hybridized carbons (Fsp3) is 0.667. The van der Waals surface area contributed by atoms with Gasteiger partial charge in [-0.2, -0.15) is 0 Å². The van der Waals surface area contributed by atoms with Crippen LogP contribution in [0.2, 0.25) is 0 Å². The van der Waals surface area contributed by atoms with Crippen LogP contribution < -0.4 is 10.0 Å². The van der Waals surface area contributed by atoms with E-state index in [4.69, 9.17) is 4.42 Å². The third-order valence-electron chi connectivity index (χ3n) is 4.24. The SMILES string of the molecule is CCNCC1CCN(C(=O)c2cc(S(=O)(=O)NC)oc2C)CC1. The summed E-state index contributed by atoms with van der Waals surface area (Å²) in [5, 5.41) is 3.12. The number of carbonyl (C=O) groups is 1. The van der Waals surface area contributed by atoms with Gasteiger partial charge in [-0.15, -0.1) is 0 Å². The van der Waals surface area contributed by atoms with E-state index in [1.165, 1.54) is 13.1 Å². The highest BCUT2D eigenvalue weighted by Gasteiger charge is 2.28. The third kappa shape index (κ3) is 4.13. The van der Waals surface area contributed by atoms with Gasteiger partial charge in [-0.05, 0) is 45.8 Å². The molecule has 0 radical (unpaired) electrons. The lowest BCUT2D eigenvalue weighted by Crippen LogP contribution is -2.40. The molecule has 7 nitrogen and oxygen atoms in total. The molecule has 1 aromatic rings. The second kappa shape index (κ2) is 7.46. The summed E-state index contributed by atoms with van der Waals surface area (Å²) in [6, 6.07) is 1.31. The molecule has 2 heterocycles. The Morgan fingerprint density at radius 2 is 2.04 bits per heavy atom. The molecule has 8 heteroatoms. The fourth-order valence-electron chi connectivity index (χ4n) is 2.76. The Morgan fingerprint density at radius 3 is 2.61 bits per heavy atom. The van der Waals surface area contributed by atoms with E-state index in [0.29, 0.717) is 30.3 Å². The Kier molecular flexibility index (Phi) is 5.83. The van der Waals surface area contributed by atoms with Crippen LogP contribution in [0.1, 0.15) is 35.9 Å². The predicted molar refractivity (Wildman–Crippen MR) is 86.9 cm³/mol. The predicted octanol–water partition coefficient (Wildman–Crippen LogP) is 0.958. The van der Waals surface area contributed by atoms with Gasteiger partial charge in [0.25, 0.3) is 15.9 Å². The summed E-state index contributed by atoms with van der Waals surface area (Å²) in [4.78, 5) is 14.4. The van der Waals surface area contributed by atoms with Crippen molar-refractivity contribution in [1.82, 2.24) is 14.9 Å². The van der Waals surface area contributed by atoms with Crippen LogP contribution in [0, 0.1) is 12.8 Å². The first-order valence-electron chi connectivity index (χ1n) is 7.93. The number of likely N-dealkylation sites (tertiary alicyclic amines) is 1. The summed E-state index contributed by atoms with van der Waals surface area (Å²) in [6.07, 6.45) is 1.91. The minimum absolute atomic E-state index is 0.161. The Bertz CT molecular complexity index is 646. The Labute approximate surface area is 137 Å². The lowest BCUT2D eigenvalue weighted by molar-refractivity contribution is 0.0688. The number of amides is 1. The Morgan fingerprint density at radius 1 is 1.39 bits per heavy atom. The van der Waals surface area contributed by atoms with Gasteiger partial charge in [-0.3, -0.25) is 4.79 Å². The molecular weight excluding hydrogens is 318 g/mol. The van der Waals surface area contributed by atoms with Crippen molar-refractivity contribution < 1.29 is 17.6 Å². The number of sulfonamides is 1. The van der Waals surface area contributed by atoms with E-state index in [2.05, 4.69) is 17.0 Å². The number of aryl methyl sites for hydroxylation is 1. The summed E-state index contributed by atoms with van der Waals surface area (Å²) < 4.78 is 31.0. The van der Waals surface area contributed by atoms with E-state index in [0.717, 1.165) is 25.9 Å². The number of nitrogens with zero attached hydrogens (tertiary/aromatic N) is 1. The van der Waals surface area contributed by atoms with E-state index in [9.17, 15) is 13.2 Å². The molecule has 1 aliphatic rings. The molecule has 1 aliphatic heterocycles. The fourth-order valence-corrected chi connectivity index (χ4v) is 3.47. The molecule has 130 valence electrons. The summed E-state index contributed by atoms with van der Waals surface area (Å²) in [7, 11) is -2.37. The molecular formula is C15H25N3O4S. The van der Waals surface area contributed by atoms with Gasteiger partial charge in [-0.25, -0.2) is 13.1 Å². The van der Waals surface area contributed by atoms with Crippen molar-refractivity contribution in [2.75, 3.05) is 33.2 Å². The van der Waals surface area contributed by atoms with Gasteiger partial charge in [0.15, 0.2) is 0 Å². The highest BCUT2D eigenvalue weighted by molar-refractivity contribution is 7.89. The van der Waals surface area contributed by atoms with Gasteiger partial charge in [-0.1, -0.05) is 6.92 Å². The third-order valence-corrected chi connectivity index (χ3v) is 5.51. The zero-order chi connectivity index (χ0) is 17.0. The molecule has 0 bridgehead atoms. The average Bonchev–Trinajstić information content (AvgIpc) is 2.95. The van der Waals surface area contributed by atoms with Crippen molar-refractivity contribution >= 4 is 15.9 Å². The maximum Gasteiger partial charge on any atom is 0.273 e. The average molecular weight is 343 g/mol. The molecule has 0 unspecified atom stereocenters. The van der Waals surface area contributed by atoms with Crippen molar-refractivity contribution in [1.29, 1.82) is 0 Å². The topological polar surface area (TPSA) is 91.7 Å². The lowest BCUT2D eigenvalue weighted by atomic mass is 9.96. The van der Waals surface area contributed by atoms with Crippen LogP contribution in [0.3, 0.4) is 0 Å². The van der Waals surface area contributed by atoms with Crippen LogP contribution in [0.5, 0.6) is 0 Å². The molecule has 0 atom stereocenters. The molecule has 23 heavy (non-hydrogen) atoms. The van der Waals surface area contributed by atoms with Gasteiger partial charge in [0.05, 0.1) is 5.56 Å². The second-order valence-corrected chi connectivity index (χ2v) is 7.60. The normalized spacial score (nSPS) is 16.7. The lowest BCUT2D eigenvalue weighted by Gasteiger charge is -2.32. The largest absolute Gasteiger partial charge is 0.448 e. The maximum atomic E-state index is 12.6. The molecule has 2 rings (SSSR count). The minimum atomic E-state index is -3.68. The quantitative estimate of drug-likeness (QED) is 0.803.